The van der Waals surface area contributed by atoms with Gasteiger partial charge < -0.3 is 20.0 Å². The molecule has 26 heavy (non-hydrogen) atoms. The Balaban J connectivity index is 1.64. The SMILES string of the molecule is C[C@@H](O)[C@H]1C(=O)N2C(C(=O)O)=C([C@@H]3ON=C(c4ccccc4)[C@@H]3C)C[C@H]12. The summed E-state index contributed by atoms with van der Waals surface area (Å²) in [6.07, 6.45) is -0.948. The number of carbonyl (C=O) groups is 2. The molecular weight excluding hydrogens is 336 g/mol. The Morgan fingerprint density at radius 3 is 2.65 bits per heavy atom. The number of rotatable bonds is 4. The highest BCUT2D eigenvalue weighted by Crippen LogP contribution is 2.47. The van der Waals surface area contributed by atoms with Crippen molar-refractivity contribution in [2.45, 2.75) is 38.5 Å². The van der Waals surface area contributed by atoms with Gasteiger partial charge in [-0.15, -0.1) is 0 Å². The molecule has 1 aromatic carbocycles. The maximum atomic E-state index is 12.3. The molecule has 0 aromatic heterocycles. The van der Waals surface area contributed by atoms with Crippen LogP contribution in [0.4, 0.5) is 0 Å². The number of oxime groups is 1. The molecule has 1 fully saturated rings. The Kier molecular flexibility index (Phi) is 3.84. The fraction of sp³-hybridized carbons (Fsp3) is 0.421. The number of aliphatic carboxylic acids is 1. The molecule has 0 saturated carbocycles. The van der Waals surface area contributed by atoms with Gasteiger partial charge in [-0.2, -0.15) is 0 Å². The lowest BCUT2D eigenvalue weighted by Gasteiger charge is -2.44. The number of nitrogens with zero attached hydrogens (tertiary/aromatic N) is 2. The standard InChI is InChI=1S/C19H20N2O5/c1-9-15(11-6-4-3-5-7-11)20-26-17(9)12-8-13-14(10(2)22)18(23)21(13)16(12)19(24)25/h3-7,9-10,13-14,17,22H,8H2,1-2H3,(H,24,25)/t9-,10+,13+,14+,17+/m0/s1. The molecule has 136 valence electrons. The Labute approximate surface area is 150 Å². The van der Waals surface area contributed by atoms with Gasteiger partial charge in [0.2, 0.25) is 5.91 Å². The van der Waals surface area contributed by atoms with E-state index >= 15 is 0 Å². The van der Waals surface area contributed by atoms with E-state index in [9.17, 15) is 19.8 Å². The van der Waals surface area contributed by atoms with Crippen LogP contribution in [0, 0.1) is 11.8 Å². The lowest BCUT2D eigenvalue weighted by Crippen LogP contribution is -2.61. The zero-order valence-electron chi connectivity index (χ0n) is 14.5. The summed E-state index contributed by atoms with van der Waals surface area (Å²) in [6, 6.07) is 9.28. The van der Waals surface area contributed by atoms with Gasteiger partial charge in [0, 0.05) is 11.5 Å². The smallest absolute Gasteiger partial charge is 0.352 e. The van der Waals surface area contributed by atoms with Crippen LogP contribution in [-0.2, 0) is 14.4 Å². The van der Waals surface area contributed by atoms with Gasteiger partial charge in [0.15, 0.2) is 6.10 Å². The van der Waals surface area contributed by atoms with Gasteiger partial charge >= 0.3 is 5.97 Å². The molecule has 3 aliphatic heterocycles. The quantitative estimate of drug-likeness (QED) is 0.794. The Morgan fingerprint density at radius 2 is 2.04 bits per heavy atom. The molecule has 3 aliphatic rings. The number of β-lactam (4-membered cyclic amide) rings is 1. The minimum absolute atomic E-state index is 0.0155. The second-order valence-electron chi connectivity index (χ2n) is 7.08. The average molecular weight is 356 g/mol. The van der Waals surface area contributed by atoms with Crippen LogP contribution >= 0.6 is 0 Å². The molecular formula is C19H20N2O5. The van der Waals surface area contributed by atoms with Crippen LogP contribution in [-0.4, -0.2) is 51.0 Å². The summed E-state index contributed by atoms with van der Waals surface area (Å²) in [5.41, 5.74) is 2.25. The molecule has 3 heterocycles. The van der Waals surface area contributed by atoms with E-state index in [2.05, 4.69) is 5.16 Å². The fourth-order valence-electron chi connectivity index (χ4n) is 4.28. The number of hydrogen-bond donors (Lipinski definition) is 2. The first-order valence-electron chi connectivity index (χ1n) is 8.68. The van der Waals surface area contributed by atoms with E-state index in [1.807, 2.05) is 37.3 Å². The normalized spacial score (nSPS) is 31.3. The fourth-order valence-corrected chi connectivity index (χ4v) is 4.28. The highest BCUT2D eigenvalue weighted by Gasteiger charge is 2.58. The van der Waals surface area contributed by atoms with Crippen molar-refractivity contribution >= 4 is 17.6 Å². The van der Waals surface area contributed by atoms with Crippen LogP contribution in [0.25, 0.3) is 0 Å². The van der Waals surface area contributed by atoms with E-state index in [-0.39, 0.29) is 23.6 Å². The number of hydrogen-bond acceptors (Lipinski definition) is 5. The van der Waals surface area contributed by atoms with Gasteiger partial charge in [0.25, 0.3) is 0 Å². The first-order valence-corrected chi connectivity index (χ1v) is 8.68. The van der Waals surface area contributed by atoms with E-state index in [0.717, 1.165) is 11.3 Å². The van der Waals surface area contributed by atoms with E-state index in [1.165, 1.54) is 4.90 Å². The minimum Gasteiger partial charge on any atom is -0.477 e. The molecule has 0 spiro atoms. The number of carboxylic acid groups (broad SMARTS) is 1. The van der Waals surface area contributed by atoms with Crippen molar-refractivity contribution in [3.05, 3.63) is 47.2 Å². The van der Waals surface area contributed by atoms with Gasteiger partial charge in [-0.25, -0.2) is 4.79 Å². The molecule has 1 amide bonds. The van der Waals surface area contributed by atoms with Gasteiger partial charge in [-0.05, 0) is 18.9 Å². The molecule has 1 saturated heterocycles. The van der Waals surface area contributed by atoms with Gasteiger partial charge in [0.05, 0.1) is 23.8 Å². The van der Waals surface area contributed by atoms with E-state index in [0.29, 0.717) is 12.0 Å². The Morgan fingerprint density at radius 1 is 1.35 bits per heavy atom. The lowest BCUT2D eigenvalue weighted by atomic mass is 9.81. The monoisotopic (exact) mass is 356 g/mol. The van der Waals surface area contributed by atoms with Crippen LogP contribution in [0.2, 0.25) is 0 Å². The number of aliphatic hydroxyl groups excluding tert-OH is 1. The highest BCUT2D eigenvalue weighted by molar-refractivity contribution is 6.04. The van der Waals surface area contributed by atoms with Gasteiger partial charge in [-0.3, -0.25) is 4.79 Å². The van der Waals surface area contributed by atoms with Crippen molar-refractivity contribution in [1.82, 2.24) is 4.90 Å². The lowest BCUT2D eigenvalue weighted by molar-refractivity contribution is -0.161. The molecule has 2 N–H and O–H groups in total. The predicted molar refractivity (Wildman–Crippen MR) is 92.1 cm³/mol. The zero-order chi connectivity index (χ0) is 18.6. The second-order valence-corrected chi connectivity index (χ2v) is 7.08. The Hall–Kier alpha value is -2.67. The molecule has 4 rings (SSSR count). The average Bonchev–Trinajstić information content (AvgIpc) is 3.13. The van der Waals surface area contributed by atoms with Crippen LogP contribution in [0.15, 0.2) is 46.8 Å². The molecule has 7 nitrogen and oxygen atoms in total. The molecule has 0 unspecified atom stereocenters. The molecule has 0 aliphatic carbocycles. The summed E-state index contributed by atoms with van der Waals surface area (Å²) in [6.45, 7) is 3.50. The number of carboxylic acids is 1. The molecule has 5 atom stereocenters. The third kappa shape index (κ3) is 2.27. The van der Waals surface area contributed by atoms with Crippen LogP contribution < -0.4 is 0 Å². The van der Waals surface area contributed by atoms with Crippen molar-refractivity contribution in [3.63, 3.8) is 0 Å². The summed E-state index contributed by atoms with van der Waals surface area (Å²) >= 11 is 0. The van der Waals surface area contributed by atoms with Crippen molar-refractivity contribution in [3.8, 4) is 0 Å². The first kappa shape index (κ1) is 16.8. The third-order valence-corrected chi connectivity index (χ3v) is 5.53. The van der Waals surface area contributed by atoms with Crippen LogP contribution in [0.3, 0.4) is 0 Å². The second kappa shape index (κ2) is 5.95. The largest absolute Gasteiger partial charge is 0.477 e. The summed E-state index contributed by atoms with van der Waals surface area (Å²) in [7, 11) is 0. The van der Waals surface area contributed by atoms with Crippen molar-refractivity contribution in [2.24, 2.45) is 17.0 Å². The number of amides is 1. The summed E-state index contributed by atoms with van der Waals surface area (Å²) in [4.78, 5) is 31.1. The minimum atomic E-state index is -1.15. The van der Waals surface area contributed by atoms with Gasteiger partial charge in [-0.1, -0.05) is 42.4 Å². The van der Waals surface area contributed by atoms with Crippen molar-refractivity contribution in [1.29, 1.82) is 0 Å². The maximum Gasteiger partial charge on any atom is 0.352 e. The third-order valence-electron chi connectivity index (χ3n) is 5.53. The first-order chi connectivity index (χ1) is 12.4. The van der Waals surface area contributed by atoms with Crippen LogP contribution in [0.1, 0.15) is 25.8 Å². The van der Waals surface area contributed by atoms with Crippen molar-refractivity contribution < 1.29 is 24.6 Å². The van der Waals surface area contributed by atoms with Gasteiger partial charge in [0.1, 0.15) is 5.70 Å². The number of fused-ring (bicyclic) bond motifs is 1. The van der Waals surface area contributed by atoms with E-state index < -0.39 is 24.1 Å². The van der Waals surface area contributed by atoms with E-state index in [1.54, 1.807) is 6.92 Å². The molecule has 7 heteroatoms. The number of benzene rings is 1. The van der Waals surface area contributed by atoms with E-state index in [4.69, 9.17) is 4.84 Å². The number of aliphatic hydroxyl groups is 1. The zero-order valence-corrected chi connectivity index (χ0v) is 14.5. The molecule has 0 radical (unpaired) electrons. The molecule has 0 bridgehead atoms. The predicted octanol–water partition coefficient (Wildman–Crippen LogP) is 1.38. The summed E-state index contributed by atoms with van der Waals surface area (Å²) in [5.74, 6) is -2.19. The topological polar surface area (TPSA) is 99.4 Å². The van der Waals surface area contributed by atoms with Crippen molar-refractivity contribution in [2.75, 3.05) is 0 Å². The Bertz CT molecular complexity index is 830. The van der Waals surface area contributed by atoms with Crippen LogP contribution in [0.5, 0.6) is 0 Å². The maximum absolute atomic E-state index is 12.3. The highest BCUT2D eigenvalue weighted by atomic mass is 16.6. The molecule has 1 aromatic rings. The summed E-state index contributed by atoms with van der Waals surface area (Å²) < 4.78 is 0. The summed E-state index contributed by atoms with van der Waals surface area (Å²) in [5, 5.41) is 23.7. The number of carbonyl (C=O) groups excluding carboxylic acids is 1.